The molecule has 0 radical (unpaired) electrons. The van der Waals surface area contributed by atoms with Crippen LogP contribution >= 0.6 is 23.2 Å². The Kier molecular flexibility index (Phi) is 6.64. The lowest BCUT2D eigenvalue weighted by Crippen LogP contribution is -2.13. The Bertz CT molecular complexity index is 1090. The number of hydrogen-bond acceptors (Lipinski definition) is 5. The van der Waals surface area contributed by atoms with Gasteiger partial charge in [-0.3, -0.25) is 4.79 Å². The van der Waals surface area contributed by atoms with Crippen LogP contribution in [0.2, 0.25) is 10.0 Å². The second-order valence-corrected chi connectivity index (χ2v) is 7.29. The third-order valence-corrected chi connectivity index (χ3v) is 4.51. The Labute approximate surface area is 177 Å². The van der Waals surface area contributed by atoms with E-state index in [4.69, 9.17) is 23.2 Å². The standard InChI is InChI=1S/C20H18Cl2FN5O/c1-28(2)7-3-4-19(29)27-18-9-13-17(10-15(18)22)24-11-25-20(13)26-12-5-6-16(23)14(21)8-12/h3-6,8-11H,7H2,1-2H3,(H,27,29)(H,24,25,26)/b4-3+. The summed E-state index contributed by atoms with van der Waals surface area (Å²) in [7, 11) is 3.82. The van der Waals surface area contributed by atoms with E-state index in [-0.39, 0.29) is 10.9 Å². The lowest BCUT2D eigenvalue weighted by atomic mass is 10.2. The van der Waals surface area contributed by atoms with Crippen LogP contribution in [0, 0.1) is 5.82 Å². The number of aromatic nitrogens is 2. The van der Waals surface area contributed by atoms with Crippen molar-refractivity contribution in [3.63, 3.8) is 0 Å². The van der Waals surface area contributed by atoms with E-state index >= 15 is 0 Å². The number of nitrogens with one attached hydrogen (secondary N) is 2. The summed E-state index contributed by atoms with van der Waals surface area (Å²) >= 11 is 12.1. The van der Waals surface area contributed by atoms with Crippen molar-refractivity contribution in [2.45, 2.75) is 0 Å². The molecule has 3 rings (SSSR count). The maximum Gasteiger partial charge on any atom is 0.248 e. The molecule has 1 heterocycles. The Morgan fingerprint density at radius 1 is 1.17 bits per heavy atom. The van der Waals surface area contributed by atoms with E-state index in [9.17, 15) is 9.18 Å². The zero-order valence-corrected chi connectivity index (χ0v) is 17.2. The van der Waals surface area contributed by atoms with Crippen molar-refractivity contribution in [2.24, 2.45) is 0 Å². The summed E-state index contributed by atoms with van der Waals surface area (Å²) in [6.45, 7) is 0.640. The highest BCUT2D eigenvalue weighted by molar-refractivity contribution is 6.34. The molecular formula is C20H18Cl2FN5O. The molecule has 0 aliphatic heterocycles. The first-order valence-electron chi connectivity index (χ1n) is 8.62. The average Bonchev–Trinajstić information content (AvgIpc) is 2.65. The molecule has 1 amide bonds. The van der Waals surface area contributed by atoms with Gasteiger partial charge in [0.15, 0.2) is 0 Å². The molecule has 0 spiro atoms. The van der Waals surface area contributed by atoms with Crippen molar-refractivity contribution in [1.29, 1.82) is 0 Å². The molecule has 0 atom stereocenters. The Morgan fingerprint density at radius 3 is 2.69 bits per heavy atom. The predicted molar refractivity (Wildman–Crippen MR) is 116 cm³/mol. The van der Waals surface area contributed by atoms with Crippen LogP contribution in [0.1, 0.15) is 0 Å². The normalized spacial score (nSPS) is 11.4. The van der Waals surface area contributed by atoms with Gasteiger partial charge in [0.05, 0.1) is 21.2 Å². The third kappa shape index (κ3) is 5.41. The van der Waals surface area contributed by atoms with Crippen molar-refractivity contribution >= 4 is 57.2 Å². The molecule has 150 valence electrons. The molecule has 0 fully saturated rings. The van der Waals surface area contributed by atoms with E-state index in [1.807, 2.05) is 19.0 Å². The van der Waals surface area contributed by atoms with Crippen molar-refractivity contribution in [3.05, 3.63) is 64.7 Å². The van der Waals surface area contributed by atoms with Gasteiger partial charge in [-0.1, -0.05) is 29.3 Å². The second kappa shape index (κ2) is 9.17. The molecule has 2 N–H and O–H groups in total. The molecule has 1 aromatic heterocycles. The molecule has 0 saturated heterocycles. The topological polar surface area (TPSA) is 70.2 Å². The zero-order valence-electron chi connectivity index (χ0n) is 15.7. The number of fused-ring (bicyclic) bond motifs is 1. The van der Waals surface area contributed by atoms with Crippen LogP contribution in [0.25, 0.3) is 10.9 Å². The number of hydrogen-bond donors (Lipinski definition) is 2. The van der Waals surface area contributed by atoms with Crippen LogP contribution in [0.15, 0.2) is 48.8 Å². The minimum atomic E-state index is -0.510. The van der Waals surface area contributed by atoms with Gasteiger partial charge in [-0.15, -0.1) is 0 Å². The first-order chi connectivity index (χ1) is 13.8. The molecule has 9 heteroatoms. The summed E-state index contributed by atoms with van der Waals surface area (Å²) in [5.41, 5.74) is 1.57. The van der Waals surface area contributed by atoms with Gasteiger partial charge in [-0.25, -0.2) is 14.4 Å². The largest absolute Gasteiger partial charge is 0.340 e. The lowest BCUT2D eigenvalue weighted by Gasteiger charge is -2.12. The van der Waals surface area contributed by atoms with Crippen LogP contribution in [0.5, 0.6) is 0 Å². The van der Waals surface area contributed by atoms with Gasteiger partial charge in [0.2, 0.25) is 5.91 Å². The van der Waals surface area contributed by atoms with Crippen molar-refractivity contribution in [2.75, 3.05) is 31.3 Å². The van der Waals surface area contributed by atoms with Crippen LogP contribution < -0.4 is 10.6 Å². The molecule has 29 heavy (non-hydrogen) atoms. The number of carbonyl (C=O) groups excluding carboxylic acids is 1. The van der Waals surface area contributed by atoms with Gasteiger partial charge in [-0.05, 0) is 44.4 Å². The zero-order chi connectivity index (χ0) is 21.0. The lowest BCUT2D eigenvalue weighted by molar-refractivity contribution is -0.111. The number of carbonyl (C=O) groups is 1. The van der Waals surface area contributed by atoms with E-state index in [1.165, 1.54) is 24.5 Å². The van der Waals surface area contributed by atoms with Crippen molar-refractivity contribution in [1.82, 2.24) is 14.9 Å². The summed E-state index contributed by atoms with van der Waals surface area (Å²) in [6, 6.07) is 7.59. The molecule has 0 bridgehead atoms. The van der Waals surface area contributed by atoms with Gasteiger partial charge in [-0.2, -0.15) is 0 Å². The monoisotopic (exact) mass is 433 g/mol. The number of rotatable bonds is 6. The number of amides is 1. The van der Waals surface area contributed by atoms with Gasteiger partial charge >= 0.3 is 0 Å². The first-order valence-corrected chi connectivity index (χ1v) is 9.37. The smallest absolute Gasteiger partial charge is 0.248 e. The Morgan fingerprint density at radius 2 is 1.97 bits per heavy atom. The van der Waals surface area contributed by atoms with E-state index < -0.39 is 5.82 Å². The number of likely N-dealkylation sites (N-methyl/N-ethyl adjacent to an activating group) is 1. The summed E-state index contributed by atoms with van der Waals surface area (Å²) < 4.78 is 13.4. The van der Waals surface area contributed by atoms with Crippen LogP contribution in [0.3, 0.4) is 0 Å². The fraction of sp³-hybridized carbons (Fsp3) is 0.150. The summed E-state index contributed by atoms with van der Waals surface area (Å²) in [4.78, 5) is 22.5. The van der Waals surface area contributed by atoms with E-state index in [1.54, 1.807) is 24.3 Å². The van der Waals surface area contributed by atoms with Gasteiger partial charge in [0.25, 0.3) is 0 Å². The second-order valence-electron chi connectivity index (χ2n) is 6.48. The van der Waals surface area contributed by atoms with Gasteiger partial charge in [0, 0.05) is 23.7 Å². The fourth-order valence-corrected chi connectivity index (χ4v) is 2.91. The maximum atomic E-state index is 13.4. The minimum Gasteiger partial charge on any atom is -0.340 e. The molecule has 0 aliphatic carbocycles. The molecular weight excluding hydrogens is 416 g/mol. The van der Waals surface area contributed by atoms with E-state index in [0.29, 0.717) is 39.7 Å². The van der Waals surface area contributed by atoms with Crippen LogP contribution in [0.4, 0.5) is 21.6 Å². The van der Waals surface area contributed by atoms with E-state index in [0.717, 1.165) is 0 Å². The SMILES string of the molecule is CN(C)C/C=C/C(=O)Nc1cc2c(Nc3ccc(F)c(Cl)c3)ncnc2cc1Cl. The predicted octanol–water partition coefficient (Wildman–Crippen LogP) is 4.88. The molecule has 0 saturated carbocycles. The fourth-order valence-electron chi connectivity index (χ4n) is 2.53. The highest BCUT2D eigenvalue weighted by Crippen LogP contribution is 2.32. The van der Waals surface area contributed by atoms with Crippen molar-refractivity contribution < 1.29 is 9.18 Å². The van der Waals surface area contributed by atoms with Crippen molar-refractivity contribution in [3.8, 4) is 0 Å². The minimum absolute atomic E-state index is 0.00568. The first kappa shape index (κ1) is 21.0. The molecule has 2 aromatic carbocycles. The quantitative estimate of drug-likeness (QED) is 0.542. The molecule has 3 aromatic rings. The number of nitrogens with zero attached hydrogens (tertiary/aromatic N) is 3. The maximum absolute atomic E-state index is 13.4. The van der Waals surface area contributed by atoms with Gasteiger partial charge in [0.1, 0.15) is 18.0 Å². The van der Waals surface area contributed by atoms with Crippen LogP contribution in [-0.4, -0.2) is 41.4 Å². The highest BCUT2D eigenvalue weighted by atomic mass is 35.5. The van der Waals surface area contributed by atoms with E-state index in [2.05, 4.69) is 20.6 Å². The number of halogens is 3. The Hall–Kier alpha value is -2.74. The third-order valence-electron chi connectivity index (χ3n) is 3.90. The van der Waals surface area contributed by atoms with Gasteiger partial charge < -0.3 is 15.5 Å². The average molecular weight is 434 g/mol. The molecule has 0 unspecified atom stereocenters. The summed E-state index contributed by atoms with van der Waals surface area (Å²) in [5, 5.41) is 6.81. The highest BCUT2D eigenvalue weighted by Gasteiger charge is 2.11. The number of anilines is 3. The molecule has 6 nitrogen and oxygen atoms in total. The summed E-state index contributed by atoms with van der Waals surface area (Å²) in [6.07, 6.45) is 4.58. The summed E-state index contributed by atoms with van der Waals surface area (Å²) in [5.74, 6) is -0.346. The molecule has 0 aliphatic rings. The van der Waals surface area contributed by atoms with Crippen LogP contribution in [-0.2, 0) is 4.79 Å². The number of benzene rings is 2. The Balaban J connectivity index is 1.90.